The minimum atomic E-state index is -0.758. The number of unbranched alkanes of at least 4 members (excludes halogenated alkanes) is 42. The van der Waals surface area contributed by atoms with Crippen molar-refractivity contribution in [1.29, 1.82) is 0 Å². The van der Waals surface area contributed by atoms with E-state index in [2.05, 4.69) is 20.8 Å². The molecule has 0 radical (unpaired) electrons. The number of hydrogen-bond donors (Lipinski definition) is 0. The van der Waals surface area contributed by atoms with Crippen LogP contribution in [0, 0.1) is 0 Å². The van der Waals surface area contributed by atoms with E-state index in [-0.39, 0.29) is 31.1 Å². The van der Waals surface area contributed by atoms with Crippen LogP contribution in [0.2, 0.25) is 0 Å². The molecule has 0 N–H and O–H groups in total. The van der Waals surface area contributed by atoms with Crippen molar-refractivity contribution in [1.82, 2.24) is 0 Å². The molecule has 0 heterocycles. The highest BCUT2D eigenvalue weighted by Crippen LogP contribution is 2.18. The Balaban J connectivity index is 3.88. The third-order valence-electron chi connectivity index (χ3n) is 13.1. The summed E-state index contributed by atoms with van der Waals surface area (Å²) in [5.74, 6) is -0.853. The molecule has 0 saturated heterocycles. The first-order valence-corrected chi connectivity index (χ1v) is 28.5. The predicted octanol–water partition coefficient (Wildman–Crippen LogP) is 18.8. The maximum Gasteiger partial charge on any atom is 0.306 e. The van der Waals surface area contributed by atoms with Crippen molar-refractivity contribution in [3.05, 3.63) is 0 Å². The lowest BCUT2D eigenvalue weighted by Crippen LogP contribution is -2.30. The first kappa shape index (κ1) is 61.4. The number of carbonyl (C=O) groups excluding carboxylic acids is 3. The molecule has 0 aliphatic carbocycles. The van der Waals surface area contributed by atoms with Crippen molar-refractivity contribution < 1.29 is 28.6 Å². The van der Waals surface area contributed by atoms with E-state index in [4.69, 9.17) is 14.2 Å². The Labute approximate surface area is 393 Å². The molecule has 0 aromatic heterocycles. The molecule has 0 aromatic carbocycles. The topological polar surface area (TPSA) is 78.9 Å². The second kappa shape index (κ2) is 53.0. The lowest BCUT2D eigenvalue weighted by molar-refractivity contribution is -0.167. The van der Waals surface area contributed by atoms with E-state index in [1.807, 2.05) is 0 Å². The van der Waals surface area contributed by atoms with Gasteiger partial charge in [-0.1, -0.05) is 290 Å². The molecule has 374 valence electrons. The average Bonchev–Trinajstić information content (AvgIpc) is 3.28. The first-order chi connectivity index (χ1) is 31.0. The molecule has 6 nitrogen and oxygen atoms in total. The Kier molecular flexibility index (Phi) is 51.7. The molecule has 0 aliphatic heterocycles. The normalized spacial score (nSPS) is 11.9. The number of carbonyl (C=O) groups is 3. The van der Waals surface area contributed by atoms with Crippen LogP contribution in [0.1, 0.15) is 329 Å². The fourth-order valence-corrected chi connectivity index (χ4v) is 8.80. The summed E-state index contributed by atoms with van der Waals surface area (Å²) in [6, 6.07) is 0. The van der Waals surface area contributed by atoms with Crippen molar-refractivity contribution in [2.45, 2.75) is 335 Å². The Morgan fingerprint density at radius 2 is 0.429 bits per heavy atom. The largest absolute Gasteiger partial charge is 0.462 e. The quantitative estimate of drug-likeness (QED) is 0.0344. The maximum absolute atomic E-state index is 12.7. The molecule has 0 aliphatic rings. The zero-order valence-electron chi connectivity index (χ0n) is 42.9. The number of ether oxygens (including phenoxy) is 3. The summed E-state index contributed by atoms with van der Waals surface area (Å²) in [5, 5.41) is 0. The molecule has 0 amide bonds. The van der Waals surface area contributed by atoms with E-state index < -0.39 is 6.10 Å². The second-order valence-corrected chi connectivity index (χ2v) is 19.6. The van der Waals surface area contributed by atoms with Gasteiger partial charge < -0.3 is 14.2 Å². The zero-order chi connectivity index (χ0) is 45.8. The van der Waals surface area contributed by atoms with Crippen LogP contribution in [0.4, 0.5) is 0 Å². The third-order valence-corrected chi connectivity index (χ3v) is 13.1. The van der Waals surface area contributed by atoms with Gasteiger partial charge in [0.05, 0.1) is 0 Å². The minimum absolute atomic E-state index is 0.0629. The van der Waals surface area contributed by atoms with Crippen LogP contribution >= 0.6 is 0 Å². The van der Waals surface area contributed by atoms with E-state index in [1.54, 1.807) is 0 Å². The fourth-order valence-electron chi connectivity index (χ4n) is 8.80. The molecule has 0 saturated carbocycles. The van der Waals surface area contributed by atoms with E-state index in [9.17, 15) is 14.4 Å². The van der Waals surface area contributed by atoms with Gasteiger partial charge in [0.2, 0.25) is 0 Å². The molecule has 0 bridgehead atoms. The summed E-state index contributed by atoms with van der Waals surface area (Å²) < 4.78 is 16.7. The fraction of sp³-hybridized carbons (Fsp3) is 0.947. The lowest BCUT2D eigenvalue weighted by Gasteiger charge is -2.18. The molecule has 0 aromatic rings. The van der Waals surface area contributed by atoms with Crippen molar-refractivity contribution in [3.8, 4) is 0 Å². The van der Waals surface area contributed by atoms with Gasteiger partial charge in [-0.15, -0.1) is 0 Å². The molecule has 0 fully saturated rings. The summed E-state index contributed by atoms with van der Waals surface area (Å²) in [7, 11) is 0. The molecule has 0 spiro atoms. The van der Waals surface area contributed by atoms with E-state index >= 15 is 0 Å². The number of rotatable bonds is 53. The van der Waals surface area contributed by atoms with Crippen molar-refractivity contribution in [2.24, 2.45) is 0 Å². The summed E-state index contributed by atoms with van der Waals surface area (Å²) in [4.78, 5) is 37.7. The maximum atomic E-state index is 12.7. The Morgan fingerprint density at radius 1 is 0.254 bits per heavy atom. The first-order valence-electron chi connectivity index (χ1n) is 28.5. The van der Waals surface area contributed by atoms with Gasteiger partial charge >= 0.3 is 17.9 Å². The smallest absolute Gasteiger partial charge is 0.306 e. The third kappa shape index (κ3) is 51.3. The van der Waals surface area contributed by atoms with E-state index in [1.165, 1.54) is 231 Å². The van der Waals surface area contributed by atoms with Crippen LogP contribution in [-0.2, 0) is 28.6 Å². The van der Waals surface area contributed by atoms with Gasteiger partial charge in [0.1, 0.15) is 13.2 Å². The minimum Gasteiger partial charge on any atom is -0.462 e. The van der Waals surface area contributed by atoms with E-state index in [0.29, 0.717) is 19.3 Å². The van der Waals surface area contributed by atoms with Crippen LogP contribution in [-0.4, -0.2) is 37.2 Å². The van der Waals surface area contributed by atoms with Gasteiger partial charge in [-0.05, 0) is 19.3 Å². The van der Waals surface area contributed by atoms with E-state index in [0.717, 1.165) is 57.8 Å². The van der Waals surface area contributed by atoms with Crippen LogP contribution in [0.5, 0.6) is 0 Å². The lowest BCUT2D eigenvalue weighted by atomic mass is 10.0. The Morgan fingerprint density at radius 3 is 0.635 bits per heavy atom. The highest BCUT2D eigenvalue weighted by atomic mass is 16.6. The Hall–Kier alpha value is -1.59. The molecule has 1 unspecified atom stereocenters. The van der Waals surface area contributed by atoms with Gasteiger partial charge in [0, 0.05) is 19.3 Å². The number of esters is 3. The van der Waals surface area contributed by atoms with Gasteiger partial charge in [0.15, 0.2) is 6.10 Å². The molecular formula is C57H110O6. The predicted molar refractivity (Wildman–Crippen MR) is 270 cm³/mol. The standard InChI is InChI=1S/C57H110O6/c1-4-7-10-13-16-18-19-20-21-22-23-24-25-26-27-28-29-30-31-32-33-34-35-36-37-39-41-44-47-50-56(59)62-53-54(52-61-55(58)49-46-43-40-15-12-9-6-3)63-57(60)51-48-45-42-38-17-14-11-8-5-2/h54H,4-53H2,1-3H3. The number of hydrogen-bond acceptors (Lipinski definition) is 6. The highest BCUT2D eigenvalue weighted by molar-refractivity contribution is 5.71. The molecule has 0 rings (SSSR count). The second-order valence-electron chi connectivity index (χ2n) is 19.6. The summed E-state index contributed by atoms with van der Waals surface area (Å²) >= 11 is 0. The van der Waals surface area contributed by atoms with Crippen molar-refractivity contribution in [3.63, 3.8) is 0 Å². The monoisotopic (exact) mass is 891 g/mol. The van der Waals surface area contributed by atoms with Crippen LogP contribution in [0.3, 0.4) is 0 Å². The van der Waals surface area contributed by atoms with Crippen molar-refractivity contribution in [2.75, 3.05) is 13.2 Å². The molecule has 63 heavy (non-hydrogen) atoms. The van der Waals surface area contributed by atoms with Crippen molar-refractivity contribution >= 4 is 17.9 Å². The SMILES string of the molecule is CCCCCCCCCCCCCCCCCCCCCCCCCCCCCCCC(=O)OCC(COC(=O)CCCCCCCCC)OC(=O)CCCCCCCCCCC. The van der Waals surface area contributed by atoms with Crippen LogP contribution in [0.25, 0.3) is 0 Å². The highest BCUT2D eigenvalue weighted by Gasteiger charge is 2.19. The Bertz CT molecular complexity index is 936. The average molecular weight is 892 g/mol. The van der Waals surface area contributed by atoms with Crippen LogP contribution in [0.15, 0.2) is 0 Å². The van der Waals surface area contributed by atoms with Gasteiger partial charge in [-0.3, -0.25) is 14.4 Å². The summed E-state index contributed by atoms with van der Waals surface area (Å²) in [5.41, 5.74) is 0. The molecule has 1 atom stereocenters. The van der Waals surface area contributed by atoms with Crippen LogP contribution < -0.4 is 0 Å². The van der Waals surface area contributed by atoms with Gasteiger partial charge in [-0.2, -0.15) is 0 Å². The summed E-state index contributed by atoms with van der Waals surface area (Å²) in [6.07, 6.45) is 58.7. The van der Waals surface area contributed by atoms with Gasteiger partial charge in [-0.25, -0.2) is 0 Å². The molecular weight excluding hydrogens is 781 g/mol. The zero-order valence-corrected chi connectivity index (χ0v) is 42.9. The summed E-state index contributed by atoms with van der Waals surface area (Å²) in [6.45, 7) is 6.62. The van der Waals surface area contributed by atoms with Gasteiger partial charge in [0.25, 0.3) is 0 Å². The molecule has 6 heteroatoms.